The van der Waals surface area contributed by atoms with Crippen molar-refractivity contribution in [2.75, 3.05) is 13.1 Å². The number of hydrogen-bond donors (Lipinski definition) is 0. The van der Waals surface area contributed by atoms with Crippen molar-refractivity contribution < 1.29 is 4.79 Å². The number of amides is 1. The number of carbonyl (C=O) groups is 1. The molecule has 0 unspecified atom stereocenters. The highest BCUT2D eigenvalue weighted by Crippen LogP contribution is 2.32. The molecule has 0 N–H and O–H groups in total. The lowest BCUT2D eigenvalue weighted by molar-refractivity contribution is -0.135. The Balaban J connectivity index is 1.71. The average molecular weight is 318 g/mol. The molecule has 1 fully saturated rings. The molecular formula is C16H22N4OS. The van der Waals surface area contributed by atoms with Crippen molar-refractivity contribution in [2.24, 2.45) is 0 Å². The van der Waals surface area contributed by atoms with Gasteiger partial charge in [-0.2, -0.15) is 0 Å². The summed E-state index contributed by atoms with van der Waals surface area (Å²) in [6, 6.07) is -0.194. The molecule has 1 saturated heterocycles. The third-order valence-corrected chi connectivity index (χ3v) is 5.69. The first-order chi connectivity index (χ1) is 10.6. The molecule has 0 bridgehead atoms. The highest BCUT2D eigenvalue weighted by molar-refractivity contribution is 7.11. The van der Waals surface area contributed by atoms with Gasteiger partial charge in [0.25, 0.3) is 0 Å². The van der Waals surface area contributed by atoms with Crippen LogP contribution >= 0.6 is 11.3 Å². The fourth-order valence-electron chi connectivity index (χ4n) is 2.94. The Hall–Kier alpha value is -1.69. The quantitative estimate of drug-likeness (QED) is 0.874. The van der Waals surface area contributed by atoms with Crippen molar-refractivity contribution >= 4 is 17.2 Å². The molecule has 2 aromatic heterocycles. The van der Waals surface area contributed by atoms with E-state index in [1.54, 1.807) is 23.9 Å². The van der Waals surface area contributed by atoms with Crippen molar-refractivity contribution in [1.82, 2.24) is 19.4 Å². The van der Waals surface area contributed by atoms with Gasteiger partial charge >= 0.3 is 0 Å². The van der Waals surface area contributed by atoms with Gasteiger partial charge in [-0.05, 0) is 33.6 Å². The number of carbonyl (C=O) groups excluding carboxylic acids is 1. The Labute approximate surface area is 135 Å². The normalized spacial score (nSPS) is 20.1. The van der Waals surface area contributed by atoms with Gasteiger partial charge in [0.05, 0.1) is 17.0 Å². The zero-order valence-corrected chi connectivity index (χ0v) is 14.1. The topological polar surface area (TPSA) is 51.0 Å². The van der Waals surface area contributed by atoms with Gasteiger partial charge in [0, 0.05) is 36.3 Å². The number of thiazole rings is 1. The van der Waals surface area contributed by atoms with Gasteiger partial charge in [0.15, 0.2) is 0 Å². The monoisotopic (exact) mass is 318 g/mol. The van der Waals surface area contributed by atoms with E-state index in [-0.39, 0.29) is 11.9 Å². The average Bonchev–Trinajstić information content (AvgIpc) is 3.17. The molecular weight excluding hydrogens is 296 g/mol. The molecule has 0 saturated carbocycles. The number of rotatable bonds is 3. The fraction of sp³-hybridized carbons (Fsp3) is 0.562. The first kappa shape index (κ1) is 15.2. The number of aromatic nitrogens is 3. The molecule has 0 aromatic carbocycles. The van der Waals surface area contributed by atoms with E-state index in [0.717, 1.165) is 31.6 Å². The summed E-state index contributed by atoms with van der Waals surface area (Å²) in [5.74, 6) is 0.554. The van der Waals surface area contributed by atoms with Gasteiger partial charge in [-0.25, -0.2) is 9.97 Å². The van der Waals surface area contributed by atoms with Crippen LogP contribution in [0.5, 0.6) is 0 Å². The van der Waals surface area contributed by atoms with Crippen molar-refractivity contribution in [3.63, 3.8) is 0 Å². The van der Waals surface area contributed by atoms with E-state index in [2.05, 4.69) is 23.8 Å². The molecule has 0 aliphatic carbocycles. The maximum Gasteiger partial charge on any atom is 0.245 e. The molecule has 0 spiro atoms. The molecule has 22 heavy (non-hydrogen) atoms. The molecule has 6 heteroatoms. The summed E-state index contributed by atoms with van der Waals surface area (Å²) in [5, 5.41) is 1.18. The fourth-order valence-corrected chi connectivity index (χ4v) is 3.99. The molecule has 1 aliphatic rings. The summed E-state index contributed by atoms with van der Waals surface area (Å²) in [4.78, 5) is 24.7. The molecule has 0 radical (unpaired) electrons. The minimum absolute atomic E-state index is 0.174. The van der Waals surface area contributed by atoms with Crippen LogP contribution in [0.25, 0.3) is 0 Å². The van der Waals surface area contributed by atoms with Crippen molar-refractivity contribution in [3.05, 3.63) is 34.3 Å². The van der Waals surface area contributed by atoms with Crippen molar-refractivity contribution in [2.45, 2.75) is 45.6 Å². The Morgan fingerprint density at radius 2 is 2.27 bits per heavy atom. The largest absolute Gasteiger partial charge is 0.340 e. The number of aryl methyl sites for hydroxylation is 2. The predicted molar refractivity (Wildman–Crippen MR) is 87.1 cm³/mol. The minimum atomic E-state index is -0.194. The van der Waals surface area contributed by atoms with Crippen LogP contribution in [0.3, 0.4) is 0 Å². The van der Waals surface area contributed by atoms with Crippen LogP contribution in [-0.2, 0) is 4.79 Å². The number of nitrogens with zero attached hydrogens (tertiary/aromatic N) is 4. The molecule has 3 rings (SSSR count). The summed E-state index contributed by atoms with van der Waals surface area (Å²) >= 11 is 1.78. The summed E-state index contributed by atoms with van der Waals surface area (Å²) in [5.41, 5.74) is 1.12. The second-order valence-corrected chi connectivity index (χ2v) is 7.24. The second-order valence-electron chi connectivity index (χ2n) is 6.00. The van der Waals surface area contributed by atoms with E-state index in [4.69, 9.17) is 0 Å². The smallest absolute Gasteiger partial charge is 0.245 e. The second kappa shape index (κ2) is 6.20. The van der Waals surface area contributed by atoms with Crippen LogP contribution in [0, 0.1) is 13.8 Å². The van der Waals surface area contributed by atoms with E-state index < -0.39 is 0 Å². The van der Waals surface area contributed by atoms with Crippen LogP contribution in [0.15, 0.2) is 18.7 Å². The number of likely N-dealkylation sites (tertiary alicyclic amines) is 1. The summed E-state index contributed by atoms with van der Waals surface area (Å²) < 4.78 is 1.86. The van der Waals surface area contributed by atoms with Crippen molar-refractivity contribution in [3.8, 4) is 0 Å². The standard InChI is InChI=1S/C16H22N4OS/c1-11-13(3)22-15(18-11)14-5-4-7-19(9-14)16(21)12(2)20-8-6-17-10-20/h6,8,10,12,14H,4-5,7,9H2,1-3H3/t12-,14-/m1/s1. The maximum atomic E-state index is 12.7. The minimum Gasteiger partial charge on any atom is -0.340 e. The third kappa shape index (κ3) is 2.92. The summed E-state index contributed by atoms with van der Waals surface area (Å²) in [6.07, 6.45) is 7.43. The van der Waals surface area contributed by atoms with Gasteiger partial charge in [-0.3, -0.25) is 4.79 Å². The Morgan fingerprint density at radius 1 is 1.45 bits per heavy atom. The predicted octanol–water partition coefficient (Wildman–Crippen LogP) is 2.92. The Kier molecular flexibility index (Phi) is 4.29. The zero-order valence-electron chi connectivity index (χ0n) is 13.3. The molecule has 118 valence electrons. The highest BCUT2D eigenvalue weighted by Gasteiger charge is 2.29. The Morgan fingerprint density at radius 3 is 2.91 bits per heavy atom. The molecule has 2 aromatic rings. The summed E-state index contributed by atoms with van der Waals surface area (Å²) in [7, 11) is 0. The van der Waals surface area contributed by atoms with Gasteiger partial charge in [0.1, 0.15) is 6.04 Å². The van der Waals surface area contributed by atoms with E-state index >= 15 is 0 Å². The lowest BCUT2D eigenvalue weighted by atomic mass is 9.98. The van der Waals surface area contributed by atoms with Gasteiger partial charge in [-0.15, -0.1) is 11.3 Å². The molecule has 2 atom stereocenters. The Bertz CT molecular complexity index is 630. The van der Waals surface area contributed by atoms with Crippen molar-refractivity contribution in [1.29, 1.82) is 0 Å². The van der Waals surface area contributed by atoms with Gasteiger partial charge in [-0.1, -0.05) is 0 Å². The van der Waals surface area contributed by atoms with E-state index in [0.29, 0.717) is 5.92 Å². The molecule has 5 nitrogen and oxygen atoms in total. The summed E-state index contributed by atoms with van der Waals surface area (Å²) in [6.45, 7) is 7.73. The van der Waals surface area contributed by atoms with Crippen LogP contribution in [0.2, 0.25) is 0 Å². The maximum absolute atomic E-state index is 12.7. The van der Waals surface area contributed by atoms with Crippen LogP contribution < -0.4 is 0 Å². The first-order valence-electron chi connectivity index (χ1n) is 7.76. The van der Waals surface area contributed by atoms with E-state index in [1.807, 2.05) is 22.6 Å². The van der Waals surface area contributed by atoms with E-state index in [1.165, 1.54) is 9.88 Å². The highest BCUT2D eigenvalue weighted by atomic mass is 32.1. The lowest BCUT2D eigenvalue weighted by Crippen LogP contribution is -2.42. The number of piperidine rings is 1. The van der Waals surface area contributed by atoms with Gasteiger partial charge in [0.2, 0.25) is 5.91 Å². The molecule has 1 amide bonds. The van der Waals surface area contributed by atoms with Gasteiger partial charge < -0.3 is 9.47 Å². The molecule has 1 aliphatic heterocycles. The SMILES string of the molecule is Cc1nc([C@@H]2CCCN(C(=O)[C@@H](C)n3ccnc3)C2)sc1C. The van der Waals surface area contributed by atoms with E-state index in [9.17, 15) is 4.79 Å². The van der Waals surface area contributed by atoms with Crippen LogP contribution in [0.4, 0.5) is 0 Å². The number of imidazole rings is 1. The zero-order chi connectivity index (χ0) is 15.7. The van der Waals surface area contributed by atoms with Crippen LogP contribution in [0.1, 0.15) is 47.3 Å². The molecule has 3 heterocycles. The lowest BCUT2D eigenvalue weighted by Gasteiger charge is -2.33. The van der Waals surface area contributed by atoms with Crippen LogP contribution in [-0.4, -0.2) is 38.4 Å². The number of hydrogen-bond acceptors (Lipinski definition) is 4. The first-order valence-corrected chi connectivity index (χ1v) is 8.58. The third-order valence-electron chi connectivity index (χ3n) is 4.46.